The Morgan fingerprint density at radius 3 is 1.80 bits per heavy atom. The number of benzene rings is 4. The minimum absolute atomic E-state index is 0.641. The number of fused-ring (bicyclic) bond motifs is 2. The zero-order valence-electron chi connectivity index (χ0n) is 19.6. The second kappa shape index (κ2) is 9.15. The SMILES string of the molecule is CCCCc1nc2ccccc2nc1-c1ccc(-c2ccc(-c3nc4ccccc4o3)cc2)cc1. The lowest BCUT2D eigenvalue weighted by Crippen LogP contribution is -1.99. The van der Waals surface area contributed by atoms with Crippen LogP contribution in [0.15, 0.2) is 101 Å². The summed E-state index contributed by atoms with van der Waals surface area (Å²) >= 11 is 0. The fourth-order valence-electron chi connectivity index (χ4n) is 4.41. The lowest BCUT2D eigenvalue weighted by molar-refractivity contribution is 0.620. The van der Waals surface area contributed by atoms with Gasteiger partial charge < -0.3 is 4.42 Å². The monoisotopic (exact) mass is 455 g/mol. The molecule has 0 aliphatic carbocycles. The number of para-hydroxylation sites is 4. The molecule has 0 radical (unpaired) electrons. The van der Waals surface area contributed by atoms with E-state index in [2.05, 4.69) is 60.4 Å². The number of hydrogen-bond acceptors (Lipinski definition) is 4. The molecule has 2 heterocycles. The molecule has 0 unspecified atom stereocenters. The lowest BCUT2D eigenvalue weighted by Gasteiger charge is -2.11. The molecule has 6 aromatic rings. The van der Waals surface area contributed by atoms with Gasteiger partial charge in [0.1, 0.15) is 5.52 Å². The van der Waals surface area contributed by atoms with Gasteiger partial charge in [0, 0.05) is 11.1 Å². The molecular weight excluding hydrogens is 430 g/mol. The molecule has 4 heteroatoms. The smallest absolute Gasteiger partial charge is 0.227 e. The van der Waals surface area contributed by atoms with Gasteiger partial charge in [0.2, 0.25) is 5.89 Å². The Balaban J connectivity index is 1.30. The van der Waals surface area contributed by atoms with Crippen LogP contribution >= 0.6 is 0 Å². The Morgan fingerprint density at radius 1 is 0.571 bits per heavy atom. The standard InChI is InChI=1S/C31H25N3O/c1-2-3-8-28-30(33-26-10-5-4-9-25(26)32-28)23-17-13-21(14-18-23)22-15-19-24(20-16-22)31-34-27-11-6-7-12-29(27)35-31/h4-7,9-20H,2-3,8H2,1H3. The van der Waals surface area contributed by atoms with Crippen molar-refractivity contribution in [2.24, 2.45) is 0 Å². The predicted molar refractivity (Wildman–Crippen MR) is 142 cm³/mol. The van der Waals surface area contributed by atoms with Gasteiger partial charge in [0.25, 0.3) is 0 Å². The third kappa shape index (κ3) is 4.19. The quantitative estimate of drug-likeness (QED) is 0.254. The molecule has 4 nitrogen and oxygen atoms in total. The summed E-state index contributed by atoms with van der Waals surface area (Å²) in [6.07, 6.45) is 3.17. The average molecular weight is 456 g/mol. The van der Waals surface area contributed by atoms with E-state index in [1.54, 1.807) is 0 Å². The molecule has 0 aliphatic heterocycles. The third-order valence-electron chi connectivity index (χ3n) is 6.33. The van der Waals surface area contributed by atoms with Crippen LogP contribution in [-0.2, 0) is 6.42 Å². The number of aromatic nitrogens is 3. The summed E-state index contributed by atoms with van der Waals surface area (Å²) in [7, 11) is 0. The molecule has 0 aliphatic rings. The van der Waals surface area contributed by atoms with E-state index in [1.807, 2.05) is 48.5 Å². The van der Waals surface area contributed by atoms with E-state index in [9.17, 15) is 0 Å². The zero-order chi connectivity index (χ0) is 23.6. The van der Waals surface area contributed by atoms with Crippen molar-refractivity contribution in [1.82, 2.24) is 15.0 Å². The van der Waals surface area contributed by atoms with Gasteiger partial charge in [0.05, 0.1) is 22.4 Å². The van der Waals surface area contributed by atoms with E-state index >= 15 is 0 Å². The minimum atomic E-state index is 0.641. The molecule has 0 amide bonds. The highest BCUT2D eigenvalue weighted by Gasteiger charge is 2.12. The number of rotatable bonds is 6. The van der Waals surface area contributed by atoms with E-state index in [-0.39, 0.29) is 0 Å². The first-order valence-electron chi connectivity index (χ1n) is 12.1. The largest absolute Gasteiger partial charge is 0.436 e. The fourth-order valence-corrected chi connectivity index (χ4v) is 4.41. The molecule has 6 rings (SSSR count). The van der Waals surface area contributed by atoms with Gasteiger partial charge in [0.15, 0.2) is 5.58 Å². The van der Waals surface area contributed by atoms with Crippen molar-refractivity contribution in [2.75, 3.05) is 0 Å². The van der Waals surface area contributed by atoms with Crippen LogP contribution in [0.2, 0.25) is 0 Å². The van der Waals surface area contributed by atoms with Crippen molar-refractivity contribution in [3.63, 3.8) is 0 Å². The molecule has 35 heavy (non-hydrogen) atoms. The zero-order valence-corrected chi connectivity index (χ0v) is 19.6. The summed E-state index contributed by atoms with van der Waals surface area (Å²) in [6, 6.07) is 32.9. The molecule has 2 aromatic heterocycles. The molecule has 4 aromatic carbocycles. The van der Waals surface area contributed by atoms with E-state index in [0.717, 1.165) is 75.0 Å². The van der Waals surface area contributed by atoms with E-state index in [4.69, 9.17) is 14.4 Å². The van der Waals surface area contributed by atoms with Crippen molar-refractivity contribution in [3.8, 4) is 33.8 Å². The second-order valence-electron chi connectivity index (χ2n) is 8.75. The van der Waals surface area contributed by atoms with Gasteiger partial charge in [-0.1, -0.05) is 74.0 Å². The number of nitrogens with zero attached hydrogens (tertiary/aromatic N) is 3. The predicted octanol–water partition coefficient (Wildman–Crippen LogP) is 8.11. The number of oxazole rings is 1. The number of unbranched alkanes of at least 4 members (excludes halogenated alkanes) is 1. The highest BCUT2D eigenvalue weighted by atomic mass is 16.3. The van der Waals surface area contributed by atoms with Gasteiger partial charge in [-0.15, -0.1) is 0 Å². The van der Waals surface area contributed by atoms with Crippen LogP contribution in [0.5, 0.6) is 0 Å². The molecular formula is C31H25N3O. The Labute approximate surface area is 204 Å². The summed E-state index contributed by atoms with van der Waals surface area (Å²) in [5, 5.41) is 0. The average Bonchev–Trinajstić information content (AvgIpc) is 3.36. The molecule has 0 fully saturated rings. The van der Waals surface area contributed by atoms with E-state index in [1.165, 1.54) is 0 Å². The van der Waals surface area contributed by atoms with Crippen LogP contribution in [0, 0.1) is 0 Å². The van der Waals surface area contributed by atoms with Crippen molar-refractivity contribution in [1.29, 1.82) is 0 Å². The number of hydrogen-bond donors (Lipinski definition) is 0. The van der Waals surface area contributed by atoms with Crippen molar-refractivity contribution in [3.05, 3.63) is 103 Å². The van der Waals surface area contributed by atoms with Crippen molar-refractivity contribution < 1.29 is 4.42 Å². The Bertz CT molecular complexity index is 1580. The van der Waals surface area contributed by atoms with Gasteiger partial charge in [-0.3, -0.25) is 0 Å². The van der Waals surface area contributed by atoms with Gasteiger partial charge in [-0.05, 0) is 60.4 Å². The second-order valence-corrected chi connectivity index (χ2v) is 8.75. The molecule has 0 saturated carbocycles. The maximum atomic E-state index is 5.91. The Morgan fingerprint density at radius 2 is 1.14 bits per heavy atom. The first-order chi connectivity index (χ1) is 17.3. The molecule has 0 atom stereocenters. The highest BCUT2D eigenvalue weighted by Crippen LogP contribution is 2.30. The number of aryl methyl sites for hydroxylation is 1. The van der Waals surface area contributed by atoms with E-state index < -0.39 is 0 Å². The van der Waals surface area contributed by atoms with Crippen LogP contribution in [-0.4, -0.2) is 15.0 Å². The third-order valence-corrected chi connectivity index (χ3v) is 6.33. The normalized spacial score (nSPS) is 11.3. The van der Waals surface area contributed by atoms with Crippen LogP contribution in [0.1, 0.15) is 25.5 Å². The fraction of sp³-hybridized carbons (Fsp3) is 0.129. The topological polar surface area (TPSA) is 51.8 Å². The van der Waals surface area contributed by atoms with Crippen LogP contribution in [0.25, 0.3) is 56.0 Å². The molecule has 0 saturated heterocycles. The molecule has 0 spiro atoms. The highest BCUT2D eigenvalue weighted by molar-refractivity contribution is 5.80. The van der Waals surface area contributed by atoms with Crippen molar-refractivity contribution in [2.45, 2.75) is 26.2 Å². The Hall–Kier alpha value is -4.31. The van der Waals surface area contributed by atoms with Crippen LogP contribution in [0.4, 0.5) is 0 Å². The van der Waals surface area contributed by atoms with Gasteiger partial charge in [-0.2, -0.15) is 0 Å². The van der Waals surface area contributed by atoms with Gasteiger partial charge >= 0.3 is 0 Å². The maximum Gasteiger partial charge on any atom is 0.227 e. The summed E-state index contributed by atoms with van der Waals surface area (Å²) < 4.78 is 5.91. The molecule has 0 N–H and O–H groups in total. The van der Waals surface area contributed by atoms with Crippen molar-refractivity contribution >= 4 is 22.1 Å². The van der Waals surface area contributed by atoms with Crippen LogP contribution < -0.4 is 0 Å². The summed E-state index contributed by atoms with van der Waals surface area (Å²) in [5.41, 5.74) is 9.98. The van der Waals surface area contributed by atoms with Crippen LogP contribution in [0.3, 0.4) is 0 Å². The first kappa shape index (κ1) is 21.2. The maximum absolute atomic E-state index is 5.91. The molecule has 170 valence electrons. The minimum Gasteiger partial charge on any atom is -0.436 e. The van der Waals surface area contributed by atoms with Gasteiger partial charge in [-0.25, -0.2) is 15.0 Å². The summed E-state index contributed by atoms with van der Waals surface area (Å²) in [5.74, 6) is 0.641. The lowest BCUT2D eigenvalue weighted by atomic mass is 10.00. The Kier molecular flexibility index (Phi) is 5.55. The summed E-state index contributed by atoms with van der Waals surface area (Å²) in [6.45, 7) is 2.21. The van der Waals surface area contributed by atoms with E-state index in [0.29, 0.717) is 5.89 Å². The summed E-state index contributed by atoms with van der Waals surface area (Å²) in [4.78, 5) is 14.5. The first-order valence-corrected chi connectivity index (χ1v) is 12.1. The molecule has 0 bridgehead atoms.